The highest BCUT2D eigenvalue weighted by molar-refractivity contribution is 5.95. The van der Waals surface area contributed by atoms with Crippen LogP contribution >= 0.6 is 0 Å². The van der Waals surface area contributed by atoms with Gasteiger partial charge in [-0.05, 0) is 87.5 Å². The number of nitrogens with zero attached hydrogens (tertiary/aromatic N) is 3. The summed E-state index contributed by atoms with van der Waals surface area (Å²) in [6.07, 6.45) is 2.09. The van der Waals surface area contributed by atoms with Gasteiger partial charge in [-0.2, -0.15) is 5.26 Å². The van der Waals surface area contributed by atoms with Crippen LogP contribution < -0.4 is 4.74 Å². The number of likely N-dealkylation sites (tertiary alicyclic amines) is 2. The van der Waals surface area contributed by atoms with Gasteiger partial charge in [-0.15, -0.1) is 0 Å². The van der Waals surface area contributed by atoms with Gasteiger partial charge in [0.05, 0.1) is 18.3 Å². The first kappa shape index (κ1) is 25.2. The highest BCUT2D eigenvalue weighted by Crippen LogP contribution is 2.28. The summed E-state index contributed by atoms with van der Waals surface area (Å²) in [6.45, 7) is 6.91. The number of amides is 1. The van der Waals surface area contributed by atoms with Gasteiger partial charge in [-0.25, -0.2) is 4.39 Å². The lowest BCUT2D eigenvalue weighted by molar-refractivity contribution is 0.0765. The second kappa shape index (κ2) is 10.8. The van der Waals surface area contributed by atoms with Crippen LogP contribution in [0, 0.1) is 17.2 Å². The molecule has 0 radical (unpaired) electrons. The van der Waals surface area contributed by atoms with Crippen LogP contribution in [0.5, 0.6) is 5.75 Å². The Morgan fingerprint density at radius 3 is 2.40 bits per heavy atom. The minimum absolute atomic E-state index is 0.0752. The number of benzene rings is 2. The minimum atomic E-state index is -1.18. The molecule has 1 unspecified atom stereocenters. The second-order valence-corrected chi connectivity index (χ2v) is 10.3. The van der Waals surface area contributed by atoms with Crippen molar-refractivity contribution in [1.82, 2.24) is 9.80 Å². The number of carbonyl (C=O) groups is 1. The van der Waals surface area contributed by atoms with Crippen molar-refractivity contribution in [2.45, 2.75) is 44.9 Å². The molecular formula is C28H34FN3O3. The minimum Gasteiger partial charge on any atom is -0.492 e. The Kier molecular flexibility index (Phi) is 7.73. The molecule has 6 nitrogen and oxygen atoms in total. The van der Waals surface area contributed by atoms with E-state index >= 15 is 0 Å². The summed E-state index contributed by atoms with van der Waals surface area (Å²) in [4.78, 5) is 16.4. The van der Waals surface area contributed by atoms with Crippen LogP contribution in [0.4, 0.5) is 4.39 Å². The number of alkyl halides is 1. The van der Waals surface area contributed by atoms with Crippen molar-refractivity contribution in [3.05, 3.63) is 53.6 Å². The molecule has 1 amide bonds. The Balaban J connectivity index is 1.35. The van der Waals surface area contributed by atoms with Gasteiger partial charge in [0.2, 0.25) is 0 Å². The fraction of sp³-hybridized carbons (Fsp3) is 0.500. The first-order valence-corrected chi connectivity index (χ1v) is 12.4. The molecule has 1 N–H and O–H groups in total. The number of β-amino-alcohol motifs (C(OH)–C–C–N with tert-alkyl or cyclic N) is 1. The Morgan fingerprint density at radius 2 is 1.80 bits per heavy atom. The van der Waals surface area contributed by atoms with E-state index in [2.05, 4.69) is 11.0 Å². The van der Waals surface area contributed by atoms with E-state index in [4.69, 9.17) is 4.74 Å². The molecule has 2 aliphatic heterocycles. The van der Waals surface area contributed by atoms with Crippen molar-refractivity contribution >= 4 is 5.91 Å². The van der Waals surface area contributed by atoms with Crippen molar-refractivity contribution in [1.29, 1.82) is 5.26 Å². The highest BCUT2D eigenvalue weighted by Gasteiger charge is 2.26. The van der Waals surface area contributed by atoms with Crippen LogP contribution in [0.25, 0.3) is 11.1 Å². The molecule has 35 heavy (non-hydrogen) atoms. The molecule has 1 atom stereocenters. The molecular weight excluding hydrogens is 445 g/mol. The van der Waals surface area contributed by atoms with Gasteiger partial charge in [0, 0.05) is 25.2 Å². The van der Waals surface area contributed by atoms with E-state index in [0.717, 1.165) is 37.1 Å². The summed E-state index contributed by atoms with van der Waals surface area (Å²) in [6, 6.07) is 15.1. The third kappa shape index (κ3) is 6.59. The maximum atomic E-state index is 13.9. The topological polar surface area (TPSA) is 76.8 Å². The molecule has 0 aliphatic carbocycles. The van der Waals surface area contributed by atoms with Crippen LogP contribution in [-0.2, 0) is 0 Å². The summed E-state index contributed by atoms with van der Waals surface area (Å²) in [5.41, 5.74) is 1.68. The van der Waals surface area contributed by atoms with Crippen LogP contribution in [0.2, 0.25) is 0 Å². The Hall–Kier alpha value is -2.95. The maximum absolute atomic E-state index is 13.9. The summed E-state index contributed by atoms with van der Waals surface area (Å²) in [5.74, 6) is 0.888. The fourth-order valence-electron chi connectivity index (χ4n) is 4.89. The molecule has 2 aliphatic rings. The lowest BCUT2D eigenvalue weighted by Gasteiger charge is -2.34. The van der Waals surface area contributed by atoms with E-state index in [9.17, 15) is 19.6 Å². The van der Waals surface area contributed by atoms with E-state index in [-0.39, 0.29) is 5.91 Å². The largest absolute Gasteiger partial charge is 0.492 e. The number of piperidine rings is 1. The molecule has 0 saturated carbocycles. The van der Waals surface area contributed by atoms with Crippen LogP contribution in [0.3, 0.4) is 0 Å². The van der Waals surface area contributed by atoms with Crippen LogP contribution in [0.1, 0.15) is 49.0 Å². The zero-order chi connectivity index (χ0) is 25.0. The van der Waals surface area contributed by atoms with E-state index in [0.29, 0.717) is 55.5 Å². The van der Waals surface area contributed by atoms with E-state index in [1.165, 1.54) is 0 Å². The van der Waals surface area contributed by atoms with E-state index in [1.54, 1.807) is 30.9 Å². The van der Waals surface area contributed by atoms with Crippen molar-refractivity contribution in [3.63, 3.8) is 0 Å². The zero-order valence-electron chi connectivity index (χ0n) is 20.5. The number of ether oxygens (including phenoxy) is 1. The number of aliphatic hydroxyl groups excluding tert-OH is 1. The normalized spacial score (nSPS) is 19.5. The predicted molar refractivity (Wildman–Crippen MR) is 133 cm³/mol. The van der Waals surface area contributed by atoms with Crippen molar-refractivity contribution in [3.8, 4) is 22.9 Å². The second-order valence-electron chi connectivity index (χ2n) is 10.3. The predicted octanol–water partition coefficient (Wildman–Crippen LogP) is 4.27. The summed E-state index contributed by atoms with van der Waals surface area (Å²) < 4.78 is 19.9. The smallest absolute Gasteiger partial charge is 0.253 e. The SMILES string of the molecule is CC(C)(F)CN1CCC(COc2ccc(-c3ccc(C(=O)N4CCC(O)C4)cc3)cc2C#N)CC1. The third-order valence-electron chi connectivity index (χ3n) is 6.80. The van der Waals surface area contributed by atoms with Crippen LogP contribution in [0.15, 0.2) is 42.5 Å². The molecule has 2 saturated heterocycles. The number of rotatable bonds is 7. The Labute approximate surface area is 206 Å². The molecule has 7 heteroatoms. The fourth-order valence-corrected chi connectivity index (χ4v) is 4.89. The molecule has 2 aromatic carbocycles. The summed E-state index contributed by atoms with van der Waals surface area (Å²) >= 11 is 0. The van der Waals surface area contributed by atoms with Crippen molar-refractivity contribution < 1.29 is 19.0 Å². The standard InChI is InChI=1S/C28H34FN3O3/c1-28(2,29)19-31-12-9-20(10-13-31)18-35-26-8-7-23(15-24(26)16-30)21-3-5-22(6-4-21)27(34)32-14-11-25(33)17-32/h3-8,15,20,25,33H,9-14,17-19H2,1-2H3. The van der Waals surface area contributed by atoms with Gasteiger partial charge in [0.25, 0.3) is 5.91 Å². The number of halogens is 1. The lowest BCUT2D eigenvalue weighted by atomic mass is 9.96. The molecule has 4 rings (SSSR count). The average molecular weight is 480 g/mol. The Morgan fingerprint density at radius 1 is 1.11 bits per heavy atom. The lowest BCUT2D eigenvalue weighted by Crippen LogP contribution is -2.41. The first-order chi connectivity index (χ1) is 16.7. The molecule has 0 aromatic heterocycles. The quantitative estimate of drug-likeness (QED) is 0.642. The number of carbonyl (C=O) groups excluding carboxylic acids is 1. The molecule has 2 heterocycles. The van der Waals surface area contributed by atoms with Gasteiger partial charge in [-0.1, -0.05) is 18.2 Å². The summed E-state index contributed by atoms with van der Waals surface area (Å²) in [7, 11) is 0. The van der Waals surface area contributed by atoms with Gasteiger partial charge in [-0.3, -0.25) is 4.79 Å². The number of aliphatic hydroxyl groups is 1. The zero-order valence-corrected chi connectivity index (χ0v) is 20.5. The number of nitriles is 1. The van der Waals surface area contributed by atoms with Gasteiger partial charge >= 0.3 is 0 Å². The van der Waals surface area contributed by atoms with Crippen LogP contribution in [-0.4, -0.2) is 71.9 Å². The molecule has 186 valence electrons. The average Bonchev–Trinajstić information content (AvgIpc) is 3.28. The first-order valence-electron chi connectivity index (χ1n) is 12.4. The monoisotopic (exact) mass is 479 g/mol. The van der Waals surface area contributed by atoms with Crippen molar-refractivity contribution in [2.24, 2.45) is 5.92 Å². The molecule has 2 fully saturated rings. The third-order valence-corrected chi connectivity index (χ3v) is 6.80. The Bertz CT molecular complexity index is 1070. The number of hydrogen-bond donors (Lipinski definition) is 1. The number of hydrogen-bond acceptors (Lipinski definition) is 5. The van der Waals surface area contributed by atoms with Gasteiger partial charge in [0.15, 0.2) is 0 Å². The molecule has 0 spiro atoms. The summed E-state index contributed by atoms with van der Waals surface area (Å²) in [5, 5.41) is 19.4. The highest BCUT2D eigenvalue weighted by atomic mass is 19.1. The van der Waals surface area contributed by atoms with Gasteiger partial charge < -0.3 is 19.6 Å². The molecule has 0 bridgehead atoms. The van der Waals surface area contributed by atoms with E-state index < -0.39 is 11.8 Å². The van der Waals surface area contributed by atoms with Crippen molar-refractivity contribution in [2.75, 3.05) is 39.3 Å². The van der Waals surface area contributed by atoms with E-state index in [1.807, 2.05) is 30.3 Å². The molecule has 2 aromatic rings. The maximum Gasteiger partial charge on any atom is 0.253 e. The van der Waals surface area contributed by atoms with Gasteiger partial charge in [0.1, 0.15) is 17.5 Å².